The van der Waals surface area contributed by atoms with Crippen LogP contribution in [0.25, 0.3) is 10.8 Å². The molecule has 3 rings (SSSR count). The Hall–Kier alpha value is -2.01. The standard InChI is InChI=1S/C16H21N3O2/c1-3-19(9-11(2)8-17)16-13-7-15-14(20-10-21-15)6-12(13)4-5-18-16/h4-7,11H,3,8-10,17H2,1-2H3. The van der Waals surface area contributed by atoms with E-state index in [1.54, 1.807) is 0 Å². The monoisotopic (exact) mass is 287 g/mol. The molecule has 1 aliphatic heterocycles. The van der Waals surface area contributed by atoms with E-state index in [9.17, 15) is 0 Å². The topological polar surface area (TPSA) is 60.6 Å². The molecule has 0 saturated heterocycles. The maximum atomic E-state index is 5.76. The van der Waals surface area contributed by atoms with E-state index >= 15 is 0 Å². The first-order chi connectivity index (χ1) is 10.2. The molecule has 0 amide bonds. The summed E-state index contributed by atoms with van der Waals surface area (Å²) in [4.78, 5) is 6.85. The van der Waals surface area contributed by atoms with E-state index in [-0.39, 0.29) is 6.79 Å². The van der Waals surface area contributed by atoms with Gasteiger partial charge in [-0.3, -0.25) is 0 Å². The molecule has 1 atom stereocenters. The highest BCUT2D eigenvalue weighted by Gasteiger charge is 2.18. The predicted octanol–water partition coefficient (Wildman–Crippen LogP) is 2.38. The molecule has 2 aromatic rings. The molecular formula is C16H21N3O2. The van der Waals surface area contributed by atoms with Gasteiger partial charge in [-0.1, -0.05) is 6.92 Å². The molecule has 1 unspecified atom stereocenters. The van der Waals surface area contributed by atoms with Gasteiger partial charge in [0.25, 0.3) is 0 Å². The molecule has 5 heteroatoms. The molecule has 112 valence electrons. The lowest BCUT2D eigenvalue weighted by atomic mass is 10.1. The molecule has 1 aliphatic rings. The van der Waals surface area contributed by atoms with Crippen LogP contribution in [0.3, 0.4) is 0 Å². The van der Waals surface area contributed by atoms with Crippen molar-refractivity contribution < 1.29 is 9.47 Å². The predicted molar refractivity (Wildman–Crippen MR) is 84.0 cm³/mol. The van der Waals surface area contributed by atoms with Crippen LogP contribution < -0.4 is 20.1 Å². The average Bonchev–Trinajstić information content (AvgIpc) is 2.96. The Morgan fingerprint density at radius 3 is 2.81 bits per heavy atom. The first-order valence-electron chi connectivity index (χ1n) is 7.36. The Morgan fingerprint density at radius 2 is 2.10 bits per heavy atom. The number of ether oxygens (including phenoxy) is 2. The van der Waals surface area contributed by atoms with Gasteiger partial charge in [0.1, 0.15) is 5.82 Å². The highest BCUT2D eigenvalue weighted by molar-refractivity contribution is 5.94. The molecule has 0 saturated carbocycles. The number of pyridine rings is 1. The van der Waals surface area contributed by atoms with Gasteiger partial charge < -0.3 is 20.1 Å². The van der Waals surface area contributed by atoms with Crippen molar-refractivity contribution >= 4 is 16.6 Å². The Kier molecular flexibility index (Phi) is 3.84. The average molecular weight is 287 g/mol. The van der Waals surface area contributed by atoms with Crippen LogP contribution in [0.4, 0.5) is 5.82 Å². The number of nitrogens with two attached hydrogens (primary N) is 1. The lowest BCUT2D eigenvalue weighted by molar-refractivity contribution is 0.174. The van der Waals surface area contributed by atoms with Crippen molar-refractivity contribution in [3.05, 3.63) is 24.4 Å². The molecule has 21 heavy (non-hydrogen) atoms. The number of rotatable bonds is 5. The molecule has 0 fully saturated rings. The summed E-state index contributed by atoms with van der Waals surface area (Å²) in [7, 11) is 0. The van der Waals surface area contributed by atoms with Crippen molar-refractivity contribution in [1.82, 2.24) is 4.98 Å². The van der Waals surface area contributed by atoms with Crippen LogP contribution >= 0.6 is 0 Å². The van der Waals surface area contributed by atoms with Crippen LogP contribution in [0.5, 0.6) is 11.5 Å². The Labute approximate surface area is 124 Å². The number of anilines is 1. The first-order valence-corrected chi connectivity index (χ1v) is 7.36. The van der Waals surface area contributed by atoms with Gasteiger partial charge in [-0.25, -0.2) is 4.98 Å². The molecule has 0 spiro atoms. The summed E-state index contributed by atoms with van der Waals surface area (Å²) in [6, 6.07) is 6.04. The Balaban J connectivity index is 2.05. The zero-order chi connectivity index (χ0) is 14.8. The van der Waals surface area contributed by atoms with Gasteiger partial charge in [-0.2, -0.15) is 0 Å². The van der Waals surface area contributed by atoms with E-state index in [2.05, 4.69) is 23.7 Å². The van der Waals surface area contributed by atoms with Gasteiger partial charge in [-0.05, 0) is 43.0 Å². The molecule has 1 aromatic heterocycles. The minimum Gasteiger partial charge on any atom is -0.454 e. The number of fused-ring (bicyclic) bond motifs is 2. The van der Waals surface area contributed by atoms with Gasteiger partial charge in [0, 0.05) is 24.7 Å². The van der Waals surface area contributed by atoms with Crippen LogP contribution in [-0.2, 0) is 0 Å². The normalized spacial score (nSPS) is 14.4. The number of hydrogen-bond acceptors (Lipinski definition) is 5. The highest BCUT2D eigenvalue weighted by atomic mass is 16.7. The molecular weight excluding hydrogens is 266 g/mol. The summed E-state index contributed by atoms with van der Waals surface area (Å²) in [5.74, 6) is 3.00. The van der Waals surface area contributed by atoms with E-state index in [1.807, 2.05) is 24.4 Å². The van der Waals surface area contributed by atoms with E-state index in [4.69, 9.17) is 15.2 Å². The smallest absolute Gasteiger partial charge is 0.231 e. The van der Waals surface area contributed by atoms with Crippen molar-refractivity contribution in [1.29, 1.82) is 0 Å². The molecule has 2 heterocycles. The maximum absolute atomic E-state index is 5.76. The third kappa shape index (κ3) is 2.61. The Bertz CT molecular complexity index is 645. The van der Waals surface area contributed by atoms with Gasteiger partial charge in [0.15, 0.2) is 11.5 Å². The second-order valence-corrected chi connectivity index (χ2v) is 5.44. The SMILES string of the molecule is CCN(CC(C)CN)c1nccc2cc3c(cc12)OCO3. The van der Waals surface area contributed by atoms with Crippen molar-refractivity contribution in [2.45, 2.75) is 13.8 Å². The highest BCUT2D eigenvalue weighted by Crippen LogP contribution is 2.38. The number of hydrogen-bond donors (Lipinski definition) is 1. The van der Waals surface area contributed by atoms with Gasteiger partial charge in [0.05, 0.1) is 0 Å². The van der Waals surface area contributed by atoms with Crippen LogP contribution in [0.1, 0.15) is 13.8 Å². The molecule has 0 bridgehead atoms. The minimum absolute atomic E-state index is 0.288. The zero-order valence-electron chi connectivity index (χ0n) is 12.5. The maximum Gasteiger partial charge on any atom is 0.231 e. The fourth-order valence-electron chi connectivity index (χ4n) is 2.62. The summed E-state index contributed by atoms with van der Waals surface area (Å²) in [6.07, 6.45) is 1.84. The summed E-state index contributed by atoms with van der Waals surface area (Å²) in [6.45, 7) is 7.04. The molecule has 1 aromatic carbocycles. The summed E-state index contributed by atoms with van der Waals surface area (Å²) in [5, 5.41) is 2.20. The van der Waals surface area contributed by atoms with Crippen LogP contribution in [0, 0.1) is 5.92 Å². The minimum atomic E-state index is 0.288. The second-order valence-electron chi connectivity index (χ2n) is 5.44. The van der Waals surface area contributed by atoms with E-state index < -0.39 is 0 Å². The van der Waals surface area contributed by atoms with Gasteiger partial charge in [-0.15, -0.1) is 0 Å². The lowest BCUT2D eigenvalue weighted by Crippen LogP contribution is -2.32. The summed E-state index contributed by atoms with van der Waals surface area (Å²) < 4.78 is 10.9. The van der Waals surface area contributed by atoms with Crippen LogP contribution in [0.2, 0.25) is 0 Å². The molecule has 0 aliphatic carbocycles. The van der Waals surface area contributed by atoms with Crippen molar-refractivity contribution in [2.24, 2.45) is 11.7 Å². The van der Waals surface area contributed by atoms with Crippen LogP contribution in [-0.4, -0.2) is 31.4 Å². The first kappa shape index (κ1) is 13.9. The molecule has 5 nitrogen and oxygen atoms in total. The fourth-order valence-corrected chi connectivity index (χ4v) is 2.62. The van der Waals surface area contributed by atoms with E-state index in [0.29, 0.717) is 12.5 Å². The summed E-state index contributed by atoms with van der Waals surface area (Å²) in [5.41, 5.74) is 5.76. The van der Waals surface area contributed by atoms with E-state index in [1.165, 1.54) is 0 Å². The zero-order valence-corrected chi connectivity index (χ0v) is 12.5. The van der Waals surface area contributed by atoms with E-state index in [0.717, 1.165) is 41.2 Å². The lowest BCUT2D eigenvalue weighted by Gasteiger charge is -2.26. The summed E-state index contributed by atoms with van der Waals surface area (Å²) >= 11 is 0. The third-order valence-electron chi connectivity index (χ3n) is 3.85. The number of nitrogens with zero attached hydrogens (tertiary/aromatic N) is 2. The Morgan fingerprint density at radius 1 is 1.33 bits per heavy atom. The van der Waals surface area contributed by atoms with Crippen molar-refractivity contribution in [3.63, 3.8) is 0 Å². The van der Waals surface area contributed by atoms with Gasteiger partial charge in [0.2, 0.25) is 6.79 Å². The third-order valence-corrected chi connectivity index (χ3v) is 3.85. The van der Waals surface area contributed by atoms with Gasteiger partial charge >= 0.3 is 0 Å². The molecule has 0 radical (unpaired) electrons. The van der Waals surface area contributed by atoms with Crippen molar-refractivity contribution in [2.75, 3.05) is 31.3 Å². The molecule has 2 N–H and O–H groups in total. The number of aromatic nitrogens is 1. The fraction of sp³-hybridized carbons (Fsp3) is 0.438. The van der Waals surface area contributed by atoms with Crippen molar-refractivity contribution in [3.8, 4) is 11.5 Å². The second kappa shape index (κ2) is 5.77. The largest absolute Gasteiger partial charge is 0.454 e. The van der Waals surface area contributed by atoms with Crippen LogP contribution in [0.15, 0.2) is 24.4 Å². The quantitative estimate of drug-likeness (QED) is 0.915. The number of benzene rings is 1.